The van der Waals surface area contributed by atoms with E-state index >= 15 is 0 Å². The van der Waals surface area contributed by atoms with Gasteiger partial charge in [-0.15, -0.1) is 10.2 Å². The zero-order valence-corrected chi connectivity index (χ0v) is 21.5. The minimum atomic E-state index is -3.98. The van der Waals surface area contributed by atoms with Crippen molar-refractivity contribution >= 4 is 27.6 Å². The number of pyridine rings is 1. The molecule has 1 N–H and O–H groups in total. The average Bonchev–Trinajstić information content (AvgIpc) is 3.41. The van der Waals surface area contributed by atoms with Crippen LogP contribution in [0.2, 0.25) is 5.02 Å². The summed E-state index contributed by atoms with van der Waals surface area (Å²) in [5.74, 6) is 0.583. The Morgan fingerprint density at radius 2 is 1.91 bits per heavy atom. The van der Waals surface area contributed by atoms with Gasteiger partial charge in [0.2, 0.25) is 16.0 Å². The molecule has 1 aliphatic rings. The normalized spacial score (nSPS) is 20.6. The van der Waals surface area contributed by atoms with Gasteiger partial charge in [0.05, 0.1) is 36.1 Å². The Morgan fingerprint density at radius 3 is 2.44 bits per heavy atom. The van der Waals surface area contributed by atoms with Crippen LogP contribution in [0.3, 0.4) is 0 Å². The Balaban J connectivity index is 1.94. The fourth-order valence-corrected chi connectivity index (χ4v) is 5.29. The Hall–Kier alpha value is -1.83. The number of ether oxygens (including phenoxy) is 4. The van der Waals surface area contributed by atoms with E-state index < -0.39 is 21.4 Å². The van der Waals surface area contributed by atoms with Gasteiger partial charge in [0, 0.05) is 27.5 Å². The van der Waals surface area contributed by atoms with Crippen molar-refractivity contribution in [1.29, 1.82) is 0 Å². The number of hydrogen-bond acceptors (Lipinski definition) is 9. The summed E-state index contributed by atoms with van der Waals surface area (Å²) in [5, 5.41) is 7.89. The highest BCUT2D eigenvalue weighted by Gasteiger charge is 2.36. The molecule has 0 aromatic carbocycles. The zero-order chi connectivity index (χ0) is 24.9. The lowest BCUT2D eigenvalue weighted by atomic mass is 10.2. The predicted molar refractivity (Wildman–Crippen MR) is 126 cm³/mol. The van der Waals surface area contributed by atoms with Crippen LogP contribution in [0.25, 0.3) is 0 Å². The van der Waals surface area contributed by atoms with Crippen LogP contribution in [0.15, 0.2) is 18.3 Å². The van der Waals surface area contributed by atoms with Crippen LogP contribution < -0.4 is 4.72 Å². The standard InChI is InChI=1S/C21H32ClN5O6S/c1-13-6-9-18(33-13)20-24-25-21(27(20)16(11-30-3)12-31-4)26-34(28,29)14(2)19(32-5)17-8-7-15(22)10-23-17/h7-8,10,13-14,16,18-19H,6,9,11-12H2,1-5H3,(H,25,26)/t13-,14?,18-,19?/m0/s1. The van der Waals surface area contributed by atoms with E-state index in [1.165, 1.54) is 20.2 Å². The third-order valence-electron chi connectivity index (χ3n) is 5.77. The molecule has 4 atom stereocenters. The fourth-order valence-electron chi connectivity index (χ4n) is 4.02. The first-order valence-corrected chi connectivity index (χ1v) is 12.9. The van der Waals surface area contributed by atoms with Crippen LogP contribution in [0, 0.1) is 0 Å². The molecule has 2 aromatic heterocycles. The van der Waals surface area contributed by atoms with E-state index in [0.29, 0.717) is 16.5 Å². The first-order valence-electron chi connectivity index (χ1n) is 11.0. The summed E-state index contributed by atoms with van der Waals surface area (Å²) >= 11 is 5.92. The van der Waals surface area contributed by atoms with Crippen LogP contribution >= 0.6 is 11.6 Å². The number of sulfonamides is 1. The average molecular weight is 518 g/mol. The maximum absolute atomic E-state index is 13.4. The number of anilines is 1. The lowest BCUT2D eigenvalue weighted by Gasteiger charge is -2.25. The quantitative estimate of drug-likeness (QED) is 0.452. The predicted octanol–water partition coefficient (Wildman–Crippen LogP) is 2.92. The summed E-state index contributed by atoms with van der Waals surface area (Å²) in [6.07, 6.45) is 2.01. The number of methoxy groups -OCH3 is 3. The molecule has 0 aliphatic carbocycles. The number of nitrogens with zero attached hydrogens (tertiary/aromatic N) is 4. The van der Waals surface area contributed by atoms with Crippen molar-refractivity contribution in [2.75, 3.05) is 39.3 Å². The number of halogens is 1. The Bertz CT molecular complexity index is 1030. The van der Waals surface area contributed by atoms with Crippen molar-refractivity contribution in [2.24, 2.45) is 0 Å². The van der Waals surface area contributed by atoms with E-state index in [1.807, 2.05) is 6.92 Å². The Kier molecular flexibility index (Phi) is 9.24. The molecule has 0 bridgehead atoms. The van der Waals surface area contributed by atoms with Crippen molar-refractivity contribution in [3.8, 4) is 0 Å². The Morgan fingerprint density at radius 1 is 1.21 bits per heavy atom. The maximum Gasteiger partial charge on any atom is 0.240 e. The second-order valence-corrected chi connectivity index (χ2v) is 10.7. The molecule has 2 unspecified atom stereocenters. The molecule has 190 valence electrons. The van der Waals surface area contributed by atoms with Gasteiger partial charge < -0.3 is 18.9 Å². The first-order chi connectivity index (χ1) is 16.2. The second-order valence-electron chi connectivity index (χ2n) is 8.24. The van der Waals surface area contributed by atoms with E-state index in [4.69, 9.17) is 30.5 Å². The monoisotopic (exact) mass is 517 g/mol. The van der Waals surface area contributed by atoms with Gasteiger partial charge in [-0.05, 0) is 38.8 Å². The molecule has 3 rings (SSSR count). The van der Waals surface area contributed by atoms with Crippen LogP contribution in [0.4, 0.5) is 5.95 Å². The van der Waals surface area contributed by atoms with Crippen molar-refractivity contribution in [3.63, 3.8) is 0 Å². The molecule has 13 heteroatoms. The molecule has 0 radical (unpaired) electrons. The summed E-state index contributed by atoms with van der Waals surface area (Å²) in [7, 11) is 0.575. The molecule has 3 heterocycles. The van der Waals surface area contributed by atoms with Gasteiger partial charge >= 0.3 is 0 Å². The van der Waals surface area contributed by atoms with Gasteiger partial charge in [-0.2, -0.15) is 0 Å². The summed E-state index contributed by atoms with van der Waals surface area (Å²) in [5.41, 5.74) is 0.442. The summed E-state index contributed by atoms with van der Waals surface area (Å²) in [6.45, 7) is 4.06. The first kappa shape index (κ1) is 26.8. The molecule has 1 aliphatic heterocycles. The maximum atomic E-state index is 13.4. The van der Waals surface area contributed by atoms with Gasteiger partial charge in [0.25, 0.3) is 0 Å². The van der Waals surface area contributed by atoms with Crippen LogP contribution in [0.1, 0.15) is 56.5 Å². The van der Waals surface area contributed by atoms with E-state index in [1.54, 1.807) is 30.9 Å². The highest BCUT2D eigenvalue weighted by molar-refractivity contribution is 7.93. The third kappa shape index (κ3) is 6.04. The van der Waals surface area contributed by atoms with Gasteiger partial charge in [-0.1, -0.05) is 11.6 Å². The SMILES string of the molecule is COCC(COC)n1c(NS(=O)(=O)C(C)C(OC)c2ccc(Cl)cn2)nnc1[C@@H]1CC[C@H](C)O1. The summed E-state index contributed by atoms with van der Waals surface area (Å²) in [6, 6.07) is 2.90. The molecule has 1 fully saturated rings. The molecule has 0 spiro atoms. The van der Waals surface area contributed by atoms with Crippen LogP contribution in [-0.2, 0) is 29.0 Å². The van der Waals surface area contributed by atoms with Gasteiger partial charge in [0.1, 0.15) is 17.5 Å². The molecule has 34 heavy (non-hydrogen) atoms. The smallest absolute Gasteiger partial charge is 0.240 e. The van der Waals surface area contributed by atoms with Crippen molar-refractivity contribution < 1.29 is 27.4 Å². The van der Waals surface area contributed by atoms with Gasteiger partial charge in [-0.25, -0.2) is 8.42 Å². The molecular weight excluding hydrogens is 486 g/mol. The number of hydrogen-bond donors (Lipinski definition) is 1. The van der Waals surface area contributed by atoms with Crippen LogP contribution in [-0.4, -0.2) is 74.1 Å². The van der Waals surface area contributed by atoms with E-state index in [-0.39, 0.29) is 37.4 Å². The van der Waals surface area contributed by atoms with E-state index in [2.05, 4.69) is 19.9 Å². The second kappa shape index (κ2) is 11.7. The van der Waals surface area contributed by atoms with Crippen molar-refractivity contribution in [1.82, 2.24) is 19.7 Å². The third-order valence-corrected chi connectivity index (χ3v) is 7.69. The Labute approximate surface area is 205 Å². The summed E-state index contributed by atoms with van der Waals surface area (Å²) in [4.78, 5) is 4.22. The largest absolute Gasteiger partial charge is 0.382 e. The highest BCUT2D eigenvalue weighted by Crippen LogP contribution is 2.35. The van der Waals surface area contributed by atoms with Gasteiger partial charge in [0.15, 0.2) is 5.82 Å². The van der Waals surface area contributed by atoms with Gasteiger partial charge in [-0.3, -0.25) is 14.3 Å². The van der Waals surface area contributed by atoms with E-state index in [9.17, 15) is 8.42 Å². The minimum absolute atomic E-state index is 0.0584. The van der Waals surface area contributed by atoms with Crippen molar-refractivity contribution in [2.45, 2.75) is 56.3 Å². The number of rotatable bonds is 12. The number of nitrogens with one attached hydrogen (secondary N) is 1. The number of aromatic nitrogens is 4. The lowest BCUT2D eigenvalue weighted by Crippen LogP contribution is -2.34. The van der Waals surface area contributed by atoms with E-state index in [0.717, 1.165) is 12.8 Å². The molecular formula is C21H32ClN5O6S. The molecule has 1 saturated heterocycles. The minimum Gasteiger partial charge on any atom is -0.382 e. The fraction of sp³-hybridized carbons (Fsp3) is 0.667. The highest BCUT2D eigenvalue weighted by atomic mass is 35.5. The zero-order valence-electron chi connectivity index (χ0n) is 20.0. The molecule has 0 amide bonds. The summed E-state index contributed by atoms with van der Waals surface area (Å²) < 4.78 is 53.3. The topological polar surface area (TPSA) is 127 Å². The molecule has 0 saturated carbocycles. The van der Waals surface area contributed by atoms with Crippen LogP contribution in [0.5, 0.6) is 0 Å². The lowest BCUT2D eigenvalue weighted by molar-refractivity contribution is 0.0406. The molecule has 11 nitrogen and oxygen atoms in total. The molecule has 2 aromatic rings. The van der Waals surface area contributed by atoms with Crippen molar-refractivity contribution in [3.05, 3.63) is 34.9 Å².